The van der Waals surface area contributed by atoms with E-state index in [1.165, 1.54) is 5.56 Å². The second-order valence-corrected chi connectivity index (χ2v) is 5.34. The van der Waals surface area contributed by atoms with Crippen LogP contribution in [0.25, 0.3) is 0 Å². The van der Waals surface area contributed by atoms with Gasteiger partial charge in [-0.25, -0.2) is 0 Å². The Labute approximate surface area is 137 Å². The SMILES string of the molecule is CCN(CC)C(=O)c1ccc(N(CC)c2cccc(C)c2)nn1. The lowest BCUT2D eigenvalue weighted by molar-refractivity contribution is 0.0766. The van der Waals surface area contributed by atoms with Crippen LogP contribution in [0.1, 0.15) is 36.8 Å². The molecule has 2 rings (SSSR count). The predicted molar refractivity (Wildman–Crippen MR) is 93.1 cm³/mol. The van der Waals surface area contributed by atoms with Gasteiger partial charge < -0.3 is 9.80 Å². The topological polar surface area (TPSA) is 49.3 Å². The lowest BCUT2D eigenvalue weighted by atomic mass is 10.2. The molecule has 1 amide bonds. The first kappa shape index (κ1) is 16.9. The molecular formula is C18H24N4O. The molecule has 0 fully saturated rings. The first-order valence-electron chi connectivity index (χ1n) is 8.07. The van der Waals surface area contributed by atoms with E-state index in [-0.39, 0.29) is 5.91 Å². The number of anilines is 2. The van der Waals surface area contributed by atoms with E-state index in [2.05, 4.69) is 41.1 Å². The Balaban J connectivity index is 2.25. The quantitative estimate of drug-likeness (QED) is 0.820. The fraction of sp³-hybridized carbons (Fsp3) is 0.389. The number of hydrogen-bond acceptors (Lipinski definition) is 4. The Hall–Kier alpha value is -2.43. The molecule has 1 aromatic heterocycles. The molecule has 0 aliphatic carbocycles. The first-order valence-corrected chi connectivity index (χ1v) is 8.07. The summed E-state index contributed by atoms with van der Waals surface area (Å²) in [5.74, 6) is 0.668. The molecule has 1 aromatic carbocycles. The first-order chi connectivity index (χ1) is 11.1. The molecule has 1 heterocycles. The highest BCUT2D eigenvalue weighted by Crippen LogP contribution is 2.23. The van der Waals surface area contributed by atoms with E-state index in [0.717, 1.165) is 18.1 Å². The van der Waals surface area contributed by atoms with Gasteiger partial charge in [0.1, 0.15) is 0 Å². The van der Waals surface area contributed by atoms with Crippen LogP contribution >= 0.6 is 0 Å². The van der Waals surface area contributed by atoms with Crippen molar-refractivity contribution in [2.24, 2.45) is 0 Å². The molecule has 23 heavy (non-hydrogen) atoms. The Bertz CT molecular complexity index is 650. The summed E-state index contributed by atoms with van der Waals surface area (Å²) in [6.45, 7) is 10.2. The van der Waals surface area contributed by atoms with Gasteiger partial charge in [0, 0.05) is 25.3 Å². The number of carbonyl (C=O) groups is 1. The van der Waals surface area contributed by atoms with Crippen molar-refractivity contribution in [2.45, 2.75) is 27.7 Å². The smallest absolute Gasteiger partial charge is 0.274 e. The number of rotatable bonds is 6. The molecule has 0 atom stereocenters. The summed E-state index contributed by atoms with van der Waals surface area (Å²) in [7, 11) is 0. The predicted octanol–water partition coefficient (Wildman–Crippen LogP) is 3.43. The van der Waals surface area contributed by atoms with Crippen molar-refractivity contribution in [1.82, 2.24) is 15.1 Å². The molecule has 0 spiro atoms. The van der Waals surface area contributed by atoms with Crippen LogP contribution in [0.5, 0.6) is 0 Å². The van der Waals surface area contributed by atoms with Gasteiger partial charge in [-0.05, 0) is 57.5 Å². The maximum atomic E-state index is 12.3. The zero-order valence-corrected chi connectivity index (χ0v) is 14.3. The Morgan fingerprint density at radius 3 is 2.26 bits per heavy atom. The average molecular weight is 312 g/mol. The average Bonchev–Trinajstić information content (AvgIpc) is 2.57. The van der Waals surface area contributed by atoms with Gasteiger partial charge in [-0.1, -0.05) is 12.1 Å². The molecule has 0 radical (unpaired) electrons. The third-order valence-corrected chi connectivity index (χ3v) is 3.83. The molecule has 5 heteroatoms. The fourth-order valence-corrected chi connectivity index (χ4v) is 2.53. The van der Waals surface area contributed by atoms with Crippen LogP contribution in [0.15, 0.2) is 36.4 Å². The van der Waals surface area contributed by atoms with Crippen molar-refractivity contribution in [2.75, 3.05) is 24.5 Å². The summed E-state index contributed by atoms with van der Waals surface area (Å²) in [5, 5.41) is 8.39. The molecular weight excluding hydrogens is 288 g/mol. The molecule has 0 aliphatic rings. The van der Waals surface area contributed by atoms with E-state index in [9.17, 15) is 4.79 Å². The van der Waals surface area contributed by atoms with Gasteiger partial charge in [0.2, 0.25) is 0 Å². The minimum absolute atomic E-state index is 0.0762. The normalized spacial score (nSPS) is 10.4. The van der Waals surface area contributed by atoms with E-state index >= 15 is 0 Å². The maximum Gasteiger partial charge on any atom is 0.274 e. The van der Waals surface area contributed by atoms with Crippen LogP contribution in [0.3, 0.4) is 0 Å². The van der Waals surface area contributed by atoms with Gasteiger partial charge in [-0.2, -0.15) is 0 Å². The zero-order valence-electron chi connectivity index (χ0n) is 14.3. The maximum absolute atomic E-state index is 12.3. The molecule has 0 bridgehead atoms. The lowest BCUT2D eigenvalue weighted by Crippen LogP contribution is -2.31. The summed E-state index contributed by atoms with van der Waals surface area (Å²) in [6, 6.07) is 11.9. The molecule has 5 nitrogen and oxygen atoms in total. The highest BCUT2D eigenvalue weighted by molar-refractivity contribution is 5.92. The number of aromatic nitrogens is 2. The number of aryl methyl sites for hydroxylation is 1. The monoisotopic (exact) mass is 312 g/mol. The summed E-state index contributed by atoms with van der Waals surface area (Å²) in [4.78, 5) is 16.1. The highest BCUT2D eigenvalue weighted by atomic mass is 16.2. The molecule has 122 valence electrons. The molecule has 2 aromatic rings. The minimum Gasteiger partial charge on any atom is -0.338 e. The van der Waals surface area contributed by atoms with E-state index in [0.29, 0.717) is 18.8 Å². The van der Waals surface area contributed by atoms with Crippen LogP contribution < -0.4 is 4.90 Å². The third kappa shape index (κ3) is 3.86. The highest BCUT2D eigenvalue weighted by Gasteiger charge is 2.16. The summed E-state index contributed by atoms with van der Waals surface area (Å²) >= 11 is 0. The largest absolute Gasteiger partial charge is 0.338 e. The van der Waals surface area contributed by atoms with E-state index in [4.69, 9.17) is 0 Å². The number of benzene rings is 1. The Kier molecular flexibility index (Phi) is 5.68. The van der Waals surface area contributed by atoms with E-state index in [1.807, 2.05) is 32.0 Å². The van der Waals surface area contributed by atoms with Gasteiger partial charge in [0.15, 0.2) is 11.5 Å². The number of nitrogens with zero attached hydrogens (tertiary/aromatic N) is 4. The molecule has 0 aliphatic heterocycles. The van der Waals surface area contributed by atoms with Gasteiger partial charge in [0.05, 0.1) is 0 Å². The zero-order chi connectivity index (χ0) is 16.8. The van der Waals surface area contributed by atoms with Crippen molar-refractivity contribution < 1.29 is 4.79 Å². The third-order valence-electron chi connectivity index (χ3n) is 3.83. The summed E-state index contributed by atoms with van der Waals surface area (Å²) < 4.78 is 0. The van der Waals surface area contributed by atoms with Gasteiger partial charge >= 0.3 is 0 Å². The Morgan fingerprint density at radius 1 is 1.00 bits per heavy atom. The number of carbonyl (C=O) groups excluding carboxylic acids is 1. The standard InChI is InChI=1S/C18H24N4O/c1-5-21(6-2)18(23)16-11-12-17(20-19-16)22(7-3)15-10-8-9-14(4)13-15/h8-13H,5-7H2,1-4H3. The van der Waals surface area contributed by atoms with Crippen LogP contribution in [-0.2, 0) is 0 Å². The molecule has 0 unspecified atom stereocenters. The number of hydrogen-bond donors (Lipinski definition) is 0. The molecule has 0 N–H and O–H groups in total. The second kappa shape index (κ2) is 7.72. The van der Waals surface area contributed by atoms with E-state index < -0.39 is 0 Å². The van der Waals surface area contributed by atoms with Crippen molar-refractivity contribution >= 4 is 17.4 Å². The number of amides is 1. The molecule has 0 saturated heterocycles. The lowest BCUT2D eigenvalue weighted by Gasteiger charge is -2.22. The van der Waals surface area contributed by atoms with Crippen molar-refractivity contribution in [3.63, 3.8) is 0 Å². The molecule has 0 saturated carbocycles. The second-order valence-electron chi connectivity index (χ2n) is 5.34. The Morgan fingerprint density at radius 2 is 1.74 bits per heavy atom. The van der Waals surface area contributed by atoms with Crippen LogP contribution in [-0.4, -0.2) is 40.6 Å². The van der Waals surface area contributed by atoms with Crippen LogP contribution in [0, 0.1) is 6.92 Å². The summed E-state index contributed by atoms with van der Waals surface area (Å²) in [5.41, 5.74) is 2.66. The fourth-order valence-electron chi connectivity index (χ4n) is 2.53. The van der Waals surface area contributed by atoms with Crippen molar-refractivity contribution in [1.29, 1.82) is 0 Å². The van der Waals surface area contributed by atoms with Crippen LogP contribution in [0.4, 0.5) is 11.5 Å². The minimum atomic E-state index is -0.0762. The van der Waals surface area contributed by atoms with Gasteiger partial charge in [0.25, 0.3) is 5.91 Å². The van der Waals surface area contributed by atoms with Gasteiger partial charge in [-0.15, -0.1) is 10.2 Å². The van der Waals surface area contributed by atoms with Gasteiger partial charge in [-0.3, -0.25) is 4.79 Å². The van der Waals surface area contributed by atoms with Crippen molar-refractivity contribution in [3.05, 3.63) is 47.7 Å². The van der Waals surface area contributed by atoms with Crippen molar-refractivity contribution in [3.8, 4) is 0 Å². The van der Waals surface area contributed by atoms with E-state index in [1.54, 1.807) is 11.0 Å². The van der Waals surface area contributed by atoms with Crippen LogP contribution in [0.2, 0.25) is 0 Å². The summed E-state index contributed by atoms with van der Waals surface area (Å²) in [6.07, 6.45) is 0.